The van der Waals surface area contributed by atoms with Crippen LogP contribution in [0.25, 0.3) is 0 Å². The molecule has 1 unspecified atom stereocenters. The summed E-state index contributed by atoms with van der Waals surface area (Å²) in [5.74, 6) is 5.77. The second-order valence-corrected chi connectivity index (χ2v) is 3.23. The molecule has 0 bridgehead atoms. The van der Waals surface area contributed by atoms with E-state index in [0.717, 1.165) is 6.42 Å². The molecule has 13 heavy (non-hydrogen) atoms. The largest absolute Gasteiger partial charge is 0.401 e. The van der Waals surface area contributed by atoms with E-state index < -0.39 is 12.7 Å². The molecule has 1 heterocycles. The first-order valence-electron chi connectivity index (χ1n) is 4.22. The molecule has 1 saturated heterocycles. The van der Waals surface area contributed by atoms with Gasteiger partial charge in [0, 0.05) is 12.5 Å². The van der Waals surface area contributed by atoms with Gasteiger partial charge >= 0.3 is 6.18 Å². The third-order valence-corrected chi connectivity index (χ3v) is 2.02. The highest BCUT2D eigenvalue weighted by Crippen LogP contribution is 2.22. The third-order valence-electron chi connectivity index (χ3n) is 2.02. The zero-order valence-electron chi connectivity index (χ0n) is 7.49. The summed E-state index contributed by atoms with van der Waals surface area (Å²) in [7, 11) is 0. The van der Waals surface area contributed by atoms with Crippen LogP contribution in [0.5, 0.6) is 0 Å². The molecule has 1 rings (SSSR count). The van der Waals surface area contributed by atoms with Crippen LogP contribution in [-0.2, 0) is 0 Å². The highest BCUT2D eigenvalue weighted by atomic mass is 19.4. The van der Waals surface area contributed by atoms with Crippen LogP contribution in [0.2, 0.25) is 0 Å². The Kier molecular flexibility index (Phi) is 3.21. The van der Waals surface area contributed by atoms with Gasteiger partial charge in [0.1, 0.15) is 0 Å². The first-order chi connectivity index (χ1) is 6.01. The van der Waals surface area contributed by atoms with Gasteiger partial charge in [0.2, 0.25) is 0 Å². The summed E-state index contributed by atoms with van der Waals surface area (Å²) in [6, 6.07) is 0. The van der Waals surface area contributed by atoms with Gasteiger partial charge in [0.25, 0.3) is 0 Å². The first-order valence-corrected chi connectivity index (χ1v) is 4.22. The van der Waals surface area contributed by atoms with Crippen LogP contribution in [0.4, 0.5) is 13.2 Å². The van der Waals surface area contributed by atoms with Crippen molar-refractivity contribution in [1.82, 2.24) is 4.90 Å². The van der Waals surface area contributed by atoms with Crippen LogP contribution < -0.4 is 0 Å². The second kappa shape index (κ2) is 4.01. The van der Waals surface area contributed by atoms with E-state index in [1.165, 1.54) is 4.90 Å². The highest BCUT2D eigenvalue weighted by molar-refractivity contribution is 5.04. The molecule has 0 aromatic carbocycles. The fraction of sp³-hybridized carbons (Fsp3) is 0.778. The van der Waals surface area contributed by atoms with Gasteiger partial charge < -0.3 is 0 Å². The first kappa shape index (κ1) is 10.4. The minimum atomic E-state index is -4.07. The van der Waals surface area contributed by atoms with E-state index in [2.05, 4.69) is 11.8 Å². The topological polar surface area (TPSA) is 3.24 Å². The molecule has 0 spiro atoms. The van der Waals surface area contributed by atoms with Crippen LogP contribution in [0, 0.1) is 17.8 Å². The molecule has 1 aliphatic rings. The summed E-state index contributed by atoms with van der Waals surface area (Å²) in [4.78, 5) is 1.41. The molecular formula is C9H12F3N. The Morgan fingerprint density at radius 3 is 2.69 bits per heavy atom. The summed E-state index contributed by atoms with van der Waals surface area (Å²) in [6.45, 7) is 1.89. The Hall–Kier alpha value is -0.690. The molecular weight excluding hydrogens is 179 g/mol. The average molecular weight is 191 g/mol. The predicted molar refractivity (Wildman–Crippen MR) is 44.1 cm³/mol. The van der Waals surface area contributed by atoms with Gasteiger partial charge in [-0.05, 0) is 19.9 Å². The monoisotopic (exact) mass is 191 g/mol. The Balaban J connectivity index is 2.36. The van der Waals surface area contributed by atoms with Crippen molar-refractivity contribution >= 4 is 0 Å². The molecule has 0 N–H and O–H groups in total. The number of hydrogen-bond acceptors (Lipinski definition) is 1. The van der Waals surface area contributed by atoms with E-state index in [-0.39, 0.29) is 5.92 Å². The number of hydrogen-bond donors (Lipinski definition) is 0. The standard InChI is InChI=1S/C9H12F3N/c1-2-3-8-4-5-13(6-8)7-9(10,11)12/h8H,4-7H2,1H3. The quantitative estimate of drug-likeness (QED) is 0.572. The van der Waals surface area contributed by atoms with E-state index in [1.54, 1.807) is 6.92 Å². The summed E-state index contributed by atoms with van der Waals surface area (Å²) < 4.78 is 35.8. The summed E-state index contributed by atoms with van der Waals surface area (Å²) in [6.07, 6.45) is -3.31. The van der Waals surface area contributed by atoms with Gasteiger partial charge in [-0.3, -0.25) is 4.90 Å². The molecule has 0 aromatic heterocycles. The molecule has 1 nitrogen and oxygen atoms in total. The minimum Gasteiger partial charge on any atom is -0.294 e. The summed E-state index contributed by atoms with van der Waals surface area (Å²) in [5, 5.41) is 0. The van der Waals surface area contributed by atoms with Gasteiger partial charge in [-0.15, -0.1) is 5.92 Å². The molecule has 0 saturated carbocycles. The number of likely N-dealkylation sites (tertiary alicyclic amines) is 1. The fourth-order valence-electron chi connectivity index (χ4n) is 1.55. The zero-order chi connectivity index (χ0) is 9.90. The minimum absolute atomic E-state index is 0.132. The summed E-state index contributed by atoms with van der Waals surface area (Å²) >= 11 is 0. The average Bonchev–Trinajstić information content (AvgIpc) is 2.33. The van der Waals surface area contributed by atoms with Crippen molar-refractivity contribution in [2.24, 2.45) is 5.92 Å². The van der Waals surface area contributed by atoms with Crippen molar-refractivity contribution in [3.63, 3.8) is 0 Å². The fourth-order valence-corrected chi connectivity index (χ4v) is 1.55. The second-order valence-electron chi connectivity index (χ2n) is 3.23. The number of alkyl halides is 3. The maximum Gasteiger partial charge on any atom is 0.401 e. The van der Waals surface area contributed by atoms with Crippen LogP contribution in [-0.4, -0.2) is 30.7 Å². The van der Waals surface area contributed by atoms with Gasteiger partial charge in [-0.25, -0.2) is 0 Å². The van der Waals surface area contributed by atoms with Crippen molar-refractivity contribution < 1.29 is 13.2 Å². The van der Waals surface area contributed by atoms with Gasteiger partial charge in [-0.1, -0.05) is 5.92 Å². The molecule has 1 aliphatic heterocycles. The lowest BCUT2D eigenvalue weighted by Crippen LogP contribution is -2.32. The lowest BCUT2D eigenvalue weighted by molar-refractivity contribution is -0.143. The Bertz CT molecular complexity index is 223. The number of nitrogens with zero attached hydrogens (tertiary/aromatic N) is 1. The maximum absolute atomic E-state index is 11.9. The van der Waals surface area contributed by atoms with Crippen molar-refractivity contribution in [2.45, 2.75) is 19.5 Å². The van der Waals surface area contributed by atoms with Gasteiger partial charge in [0.15, 0.2) is 0 Å². The number of halogens is 3. The van der Waals surface area contributed by atoms with E-state index in [4.69, 9.17) is 0 Å². The van der Waals surface area contributed by atoms with E-state index in [9.17, 15) is 13.2 Å². The zero-order valence-corrected chi connectivity index (χ0v) is 7.49. The predicted octanol–water partition coefficient (Wildman–Crippen LogP) is 1.89. The lowest BCUT2D eigenvalue weighted by atomic mass is 10.1. The Labute approximate surface area is 75.9 Å². The Morgan fingerprint density at radius 2 is 2.15 bits per heavy atom. The lowest BCUT2D eigenvalue weighted by Gasteiger charge is -2.16. The highest BCUT2D eigenvalue weighted by Gasteiger charge is 2.33. The molecule has 1 fully saturated rings. The van der Waals surface area contributed by atoms with E-state index in [1.807, 2.05) is 0 Å². The third kappa shape index (κ3) is 3.69. The van der Waals surface area contributed by atoms with Crippen molar-refractivity contribution in [3.05, 3.63) is 0 Å². The van der Waals surface area contributed by atoms with E-state index >= 15 is 0 Å². The Morgan fingerprint density at radius 1 is 1.46 bits per heavy atom. The molecule has 0 aliphatic carbocycles. The van der Waals surface area contributed by atoms with E-state index in [0.29, 0.717) is 13.1 Å². The maximum atomic E-state index is 11.9. The molecule has 0 amide bonds. The summed E-state index contributed by atoms with van der Waals surface area (Å²) in [5.41, 5.74) is 0. The SMILES string of the molecule is CC#CC1CCN(CC(F)(F)F)C1. The van der Waals surface area contributed by atoms with Gasteiger partial charge in [0.05, 0.1) is 6.54 Å². The smallest absolute Gasteiger partial charge is 0.294 e. The van der Waals surface area contributed by atoms with Gasteiger partial charge in [-0.2, -0.15) is 13.2 Å². The van der Waals surface area contributed by atoms with Crippen LogP contribution in [0.1, 0.15) is 13.3 Å². The van der Waals surface area contributed by atoms with Crippen molar-refractivity contribution in [1.29, 1.82) is 0 Å². The number of rotatable bonds is 1. The van der Waals surface area contributed by atoms with Crippen LogP contribution in [0.3, 0.4) is 0 Å². The molecule has 0 radical (unpaired) electrons. The van der Waals surface area contributed by atoms with Crippen LogP contribution >= 0.6 is 0 Å². The van der Waals surface area contributed by atoms with Crippen molar-refractivity contribution in [3.8, 4) is 11.8 Å². The molecule has 0 aromatic rings. The normalized spacial score (nSPS) is 24.2. The molecule has 1 atom stereocenters. The molecule has 74 valence electrons. The van der Waals surface area contributed by atoms with Crippen LogP contribution in [0.15, 0.2) is 0 Å². The van der Waals surface area contributed by atoms with Crippen molar-refractivity contribution in [2.75, 3.05) is 19.6 Å². The molecule has 4 heteroatoms.